The van der Waals surface area contributed by atoms with E-state index in [1.807, 2.05) is 6.92 Å². The summed E-state index contributed by atoms with van der Waals surface area (Å²) >= 11 is 17.5. The predicted octanol–water partition coefficient (Wildman–Crippen LogP) is 3.57. The van der Waals surface area contributed by atoms with Crippen molar-refractivity contribution >= 4 is 50.8 Å². The topological polar surface area (TPSA) is 83.5 Å². The monoisotopic (exact) mass is 373 g/mol. The van der Waals surface area contributed by atoms with Crippen molar-refractivity contribution in [1.82, 2.24) is 4.72 Å². The van der Waals surface area contributed by atoms with E-state index in [-0.39, 0.29) is 26.4 Å². The van der Waals surface area contributed by atoms with E-state index >= 15 is 0 Å². The Balaban J connectivity index is 3.13. The number of carboxylic acids is 1. The maximum absolute atomic E-state index is 12.3. The van der Waals surface area contributed by atoms with E-state index in [4.69, 9.17) is 39.9 Å². The van der Waals surface area contributed by atoms with Crippen LogP contribution in [0.15, 0.2) is 17.0 Å². The molecule has 0 saturated heterocycles. The molecule has 0 bridgehead atoms. The average molecular weight is 375 g/mol. The van der Waals surface area contributed by atoms with Gasteiger partial charge >= 0.3 is 5.97 Å². The molecular formula is C12H14Cl3NO4S. The molecule has 1 atom stereocenters. The molecule has 5 nitrogen and oxygen atoms in total. The van der Waals surface area contributed by atoms with Crippen molar-refractivity contribution in [3.63, 3.8) is 0 Å². The van der Waals surface area contributed by atoms with E-state index in [1.54, 1.807) is 0 Å². The van der Waals surface area contributed by atoms with Gasteiger partial charge in [0.1, 0.15) is 4.90 Å². The van der Waals surface area contributed by atoms with E-state index in [2.05, 4.69) is 4.72 Å². The summed E-state index contributed by atoms with van der Waals surface area (Å²) in [6, 6.07) is 1.78. The second-order valence-corrected chi connectivity index (χ2v) is 7.30. The lowest BCUT2D eigenvalue weighted by atomic mass is 10.1. The Hall–Kier alpha value is -0.530. The van der Waals surface area contributed by atoms with Crippen LogP contribution in [0, 0.1) is 0 Å². The minimum absolute atomic E-state index is 0.120. The molecule has 0 amide bonds. The van der Waals surface area contributed by atoms with Gasteiger partial charge in [-0.3, -0.25) is 4.79 Å². The van der Waals surface area contributed by atoms with Gasteiger partial charge in [-0.2, -0.15) is 0 Å². The molecule has 0 aromatic heterocycles. The summed E-state index contributed by atoms with van der Waals surface area (Å²) in [5.74, 6) is -1.09. The third kappa shape index (κ3) is 5.30. The third-order valence-electron chi connectivity index (χ3n) is 2.61. The first-order valence-electron chi connectivity index (χ1n) is 6.06. The molecule has 21 heavy (non-hydrogen) atoms. The quantitative estimate of drug-likeness (QED) is 0.764. The molecule has 0 aliphatic rings. The highest BCUT2D eigenvalue weighted by molar-refractivity contribution is 7.89. The van der Waals surface area contributed by atoms with Crippen LogP contribution < -0.4 is 4.72 Å². The summed E-state index contributed by atoms with van der Waals surface area (Å²) in [6.07, 6.45) is 0.687. The van der Waals surface area contributed by atoms with E-state index in [0.717, 1.165) is 0 Å². The second-order valence-electron chi connectivity index (χ2n) is 4.40. The van der Waals surface area contributed by atoms with Gasteiger partial charge in [-0.15, -0.1) is 0 Å². The van der Waals surface area contributed by atoms with E-state index < -0.39 is 22.0 Å². The summed E-state index contributed by atoms with van der Waals surface area (Å²) in [7, 11) is -4.04. The van der Waals surface area contributed by atoms with E-state index in [9.17, 15) is 13.2 Å². The Morgan fingerprint density at radius 3 is 2.24 bits per heavy atom. The Kier molecular flexibility index (Phi) is 6.74. The maximum atomic E-state index is 12.3. The molecule has 1 unspecified atom stereocenters. The zero-order valence-corrected chi connectivity index (χ0v) is 14.2. The van der Waals surface area contributed by atoms with Gasteiger partial charge in [-0.1, -0.05) is 48.1 Å². The van der Waals surface area contributed by atoms with Crippen LogP contribution in [0.4, 0.5) is 0 Å². The third-order valence-corrected chi connectivity index (χ3v) is 5.27. The first kappa shape index (κ1) is 18.5. The molecule has 9 heteroatoms. The van der Waals surface area contributed by atoms with Crippen LogP contribution >= 0.6 is 34.8 Å². The van der Waals surface area contributed by atoms with Crippen molar-refractivity contribution in [3.8, 4) is 0 Å². The van der Waals surface area contributed by atoms with Crippen LogP contribution in [-0.2, 0) is 14.8 Å². The molecule has 0 fully saturated rings. The van der Waals surface area contributed by atoms with Gasteiger partial charge in [0.15, 0.2) is 0 Å². The zero-order chi connectivity index (χ0) is 16.2. The lowest BCUT2D eigenvalue weighted by molar-refractivity contribution is -0.137. The fourth-order valence-electron chi connectivity index (χ4n) is 1.83. The SMILES string of the molecule is CCCC(CC(=O)O)NS(=O)(=O)c1c(Cl)cc(Cl)cc1Cl. The van der Waals surface area contributed by atoms with Crippen molar-refractivity contribution in [1.29, 1.82) is 0 Å². The van der Waals surface area contributed by atoms with Crippen LogP contribution in [0.3, 0.4) is 0 Å². The first-order chi connectivity index (χ1) is 9.67. The number of rotatable bonds is 7. The maximum Gasteiger partial charge on any atom is 0.304 e. The lowest BCUT2D eigenvalue weighted by Gasteiger charge is -2.17. The van der Waals surface area contributed by atoms with Gasteiger partial charge in [0, 0.05) is 11.1 Å². The minimum Gasteiger partial charge on any atom is -0.481 e. The van der Waals surface area contributed by atoms with Gasteiger partial charge in [-0.05, 0) is 18.6 Å². The normalized spacial score (nSPS) is 13.1. The largest absolute Gasteiger partial charge is 0.481 e. The summed E-state index contributed by atoms with van der Waals surface area (Å²) < 4.78 is 27.0. The standard InChI is InChI=1S/C12H14Cl3NO4S/c1-2-3-8(6-11(17)18)16-21(19,20)12-9(14)4-7(13)5-10(12)15/h4-5,8,16H,2-3,6H2,1H3,(H,17,18). The molecule has 1 aromatic rings. The van der Waals surface area contributed by atoms with Crippen molar-refractivity contribution < 1.29 is 18.3 Å². The second kappa shape index (κ2) is 7.65. The van der Waals surface area contributed by atoms with Gasteiger partial charge in [0.2, 0.25) is 10.0 Å². The van der Waals surface area contributed by atoms with E-state index in [1.165, 1.54) is 12.1 Å². The summed E-state index contributed by atoms with van der Waals surface area (Å²) in [6.45, 7) is 1.82. The predicted molar refractivity (Wildman–Crippen MR) is 82.7 cm³/mol. The van der Waals surface area contributed by atoms with Crippen LogP contribution in [0.2, 0.25) is 15.1 Å². The number of halogens is 3. The van der Waals surface area contributed by atoms with Crippen molar-refractivity contribution in [2.45, 2.75) is 37.1 Å². The molecule has 1 aromatic carbocycles. The van der Waals surface area contributed by atoms with Gasteiger partial charge < -0.3 is 5.11 Å². The van der Waals surface area contributed by atoms with Crippen molar-refractivity contribution in [2.24, 2.45) is 0 Å². The number of carbonyl (C=O) groups is 1. The molecule has 0 aliphatic heterocycles. The van der Waals surface area contributed by atoms with Gasteiger partial charge in [0.05, 0.1) is 16.5 Å². The van der Waals surface area contributed by atoms with Crippen molar-refractivity contribution in [2.75, 3.05) is 0 Å². The molecule has 118 valence electrons. The van der Waals surface area contributed by atoms with Crippen LogP contribution in [0.25, 0.3) is 0 Å². The minimum atomic E-state index is -4.04. The van der Waals surface area contributed by atoms with Crippen LogP contribution in [0.5, 0.6) is 0 Å². The molecule has 0 heterocycles. The summed E-state index contributed by atoms with van der Waals surface area (Å²) in [5, 5.41) is 8.79. The number of nitrogens with one attached hydrogen (secondary N) is 1. The highest BCUT2D eigenvalue weighted by Crippen LogP contribution is 2.32. The summed E-state index contributed by atoms with van der Waals surface area (Å²) in [4.78, 5) is 10.5. The highest BCUT2D eigenvalue weighted by Gasteiger charge is 2.26. The Bertz CT molecular complexity index is 610. The number of hydrogen-bond acceptors (Lipinski definition) is 3. The number of benzene rings is 1. The molecular weight excluding hydrogens is 361 g/mol. The van der Waals surface area contributed by atoms with Crippen LogP contribution in [-0.4, -0.2) is 25.5 Å². The Labute approximate surface area is 138 Å². The van der Waals surface area contributed by atoms with Crippen molar-refractivity contribution in [3.05, 3.63) is 27.2 Å². The van der Waals surface area contributed by atoms with E-state index in [0.29, 0.717) is 12.8 Å². The zero-order valence-electron chi connectivity index (χ0n) is 11.1. The molecule has 0 radical (unpaired) electrons. The number of carboxylic acid groups (broad SMARTS) is 1. The lowest BCUT2D eigenvalue weighted by Crippen LogP contribution is -2.36. The first-order valence-corrected chi connectivity index (χ1v) is 8.67. The number of sulfonamides is 1. The molecule has 0 spiro atoms. The number of hydrogen-bond donors (Lipinski definition) is 2. The van der Waals surface area contributed by atoms with Crippen LogP contribution in [0.1, 0.15) is 26.2 Å². The smallest absolute Gasteiger partial charge is 0.304 e. The van der Waals surface area contributed by atoms with Gasteiger partial charge in [-0.25, -0.2) is 13.1 Å². The average Bonchev–Trinajstić information content (AvgIpc) is 2.24. The molecule has 0 saturated carbocycles. The summed E-state index contributed by atoms with van der Waals surface area (Å²) in [5.41, 5.74) is 0. The molecule has 0 aliphatic carbocycles. The molecule has 1 rings (SSSR count). The molecule has 2 N–H and O–H groups in total. The fraction of sp³-hybridized carbons (Fsp3) is 0.417. The Morgan fingerprint density at radius 1 is 1.29 bits per heavy atom. The number of aliphatic carboxylic acids is 1. The fourth-order valence-corrected chi connectivity index (χ4v) is 4.64. The van der Waals surface area contributed by atoms with Gasteiger partial charge in [0.25, 0.3) is 0 Å². The highest BCUT2D eigenvalue weighted by atomic mass is 35.5. The Morgan fingerprint density at radius 2 is 1.81 bits per heavy atom.